The number of hydrogen-bond acceptors (Lipinski definition) is 5. The molecule has 5 heteroatoms. The van der Waals surface area contributed by atoms with Crippen LogP contribution >= 0.6 is 0 Å². The smallest absolute Gasteiger partial charge is 0.253 e. The van der Waals surface area contributed by atoms with Crippen LogP contribution in [-0.4, -0.2) is 16.7 Å². The summed E-state index contributed by atoms with van der Waals surface area (Å²) in [6, 6.07) is 8.05. The number of ether oxygens (including phenoxy) is 1. The maximum atomic E-state index is 5.63. The summed E-state index contributed by atoms with van der Waals surface area (Å²) in [4.78, 5) is 0. The van der Waals surface area contributed by atoms with E-state index in [1.165, 1.54) is 5.56 Å². The molecule has 0 bridgehead atoms. The lowest BCUT2D eigenvalue weighted by molar-refractivity contribution is 0.259. The van der Waals surface area contributed by atoms with Crippen molar-refractivity contribution in [3.05, 3.63) is 41.6 Å². The molecule has 2 aromatic rings. The molecule has 5 nitrogen and oxygen atoms in total. The van der Waals surface area contributed by atoms with Crippen molar-refractivity contribution in [1.82, 2.24) is 15.5 Å². The zero-order valence-electron chi connectivity index (χ0n) is 12.9. The number of benzene rings is 1. The molecule has 1 aromatic carbocycles. The van der Waals surface area contributed by atoms with Crippen molar-refractivity contribution in [2.24, 2.45) is 5.92 Å². The predicted molar refractivity (Wildman–Crippen MR) is 81.0 cm³/mol. The molecule has 1 N–H and O–H groups in total. The fourth-order valence-electron chi connectivity index (χ4n) is 1.84. The lowest BCUT2D eigenvalue weighted by Gasteiger charge is -2.08. The molecule has 0 aliphatic carbocycles. The third kappa shape index (κ3) is 5.19. The first-order chi connectivity index (χ1) is 10.2. The second kappa shape index (κ2) is 7.78. The van der Waals surface area contributed by atoms with Crippen molar-refractivity contribution in [3.63, 3.8) is 0 Å². The van der Waals surface area contributed by atoms with Gasteiger partial charge in [0.15, 0.2) is 6.61 Å². The number of aryl methyl sites for hydroxylation is 1. The largest absolute Gasteiger partial charge is 0.484 e. The number of hydrogen-bond donors (Lipinski definition) is 1. The van der Waals surface area contributed by atoms with Crippen LogP contribution in [0.25, 0.3) is 0 Å². The molecule has 0 amide bonds. The van der Waals surface area contributed by atoms with Crippen molar-refractivity contribution >= 4 is 0 Å². The van der Waals surface area contributed by atoms with Gasteiger partial charge in [0, 0.05) is 13.0 Å². The van der Waals surface area contributed by atoms with Crippen LogP contribution in [0.15, 0.2) is 28.7 Å². The highest BCUT2D eigenvalue weighted by atomic mass is 16.5. The summed E-state index contributed by atoms with van der Waals surface area (Å²) < 4.78 is 11.0. The van der Waals surface area contributed by atoms with E-state index in [9.17, 15) is 0 Å². The second-order valence-electron chi connectivity index (χ2n) is 5.40. The molecular formula is C16H23N3O2. The van der Waals surface area contributed by atoms with Gasteiger partial charge < -0.3 is 14.5 Å². The van der Waals surface area contributed by atoms with Gasteiger partial charge in [-0.15, -0.1) is 10.2 Å². The van der Waals surface area contributed by atoms with Gasteiger partial charge in [0.1, 0.15) is 5.75 Å². The average molecular weight is 289 g/mol. The molecule has 1 aromatic heterocycles. The van der Waals surface area contributed by atoms with Crippen LogP contribution in [0.5, 0.6) is 5.75 Å². The van der Waals surface area contributed by atoms with Gasteiger partial charge in [-0.3, -0.25) is 0 Å². The topological polar surface area (TPSA) is 60.2 Å². The van der Waals surface area contributed by atoms with E-state index in [4.69, 9.17) is 9.15 Å². The second-order valence-corrected chi connectivity index (χ2v) is 5.40. The van der Waals surface area contributed by atoms with Gasteiger partial charge in [-0.2, -0.15) is 0 Å². The van der Waals surface area contributed by atoms with E-state index in [0.717, 1.165) is 25.3 Å². The number of nitrogens with one attached hydrogen (secondary N) is 1. The first-order valence-electron chi connectivity index (χ1n) is 7.41. The predicted octanol–water partition coefficient (Wildman–Crippen LogP) is 2.96. The third-order valence-electron chi connectivity index (χ3n) is 2.98. The Kier molecular flexibility index (Phi) is 5.75. The highest BCUT2D eigenvalue weighted by Crippen LogP contribution is 2.14. The first kappa shape index (κ1) is 15.5. The Morgan fingerprint density at radius 1 is 1.14 bits per heavy atom. The van der Waals surface area contributed by atoms with E-state index >= 15 is 0 Å². The molecule has 0 saturated carbocycles. The quantitative estimate of drug-likeness (QED) is 0.809. The number of nitrogens with zero attached hydrogens (tertiary/aromatic N) is 2. The van der Waals surface area contributed by atoms with Crippen LogP contribution in [0.3, 0.4) is 0 Å². The Hall–Kier alpha value is -1.88. The average Bonchev–Trinajstić information content (AvgIpc) is 2.94. The third-order valence-corrected chi connectivity index (χ3v) is 2.98. The fourth-order valence-corrected chi connectivity index (χ4v) is 1.84. The molecule has 0 spiro atoms. The zero-order valence-corrected chi connectivity index (χ0v) is 12.9. The lowest BCUT2D eigenvalue weighted by atomic mass is 10.2. The Balaban J connectivity index is 1.79. The summed E-state index contributed by atoms with van der Waals surface area (Å²) in [5.74, 6) is 2.61. The van der Waals surface area contributed by atoms with Crippen molar-refractivity contribution in [2.45, 2.75) is 40.3 Å². The molecule has 0 fully saturated rings. The summed E-state index contributed by atoms with van der Waals surface area (Å²) in [6.45, 7) is 8.58. The minimum Gasteiger partial charge on any atom is -0.484 e. The number of aromatic nitrogens is 2. The van der Waals surface area contributed by atoms with Crippen LogP contribution in [0, 0.1) is 5.92 Å². The minimum atomic E-state index is 0.304. The molecule has 1 heterocycles. The Morgan fingerprint density at radius 2 is 1.86 bits per heavy atom. The number of rotatable bonds is 8. The summed E-state index contributed by atoms with van der Waals surface area (Å²) in [5, 5.41) is 11.2. The standard InChI is InChI=1S/C16H23N3O2/c1-4-15-18-19-16(21-15)11-20-14-7-5-13(6-8-14)10-17-9-12(2)3/h5-8,12,17H,4,9-11H2,1-3H3. The summed E-state index contributed by atoms with van der Waals surface area (Å²) >= 11 is 0. The highest BCUT2D eigenvalue weighted by Gasteiger charge is 2.05. The fraction of sp³-hybridized carbons (Fsp3) is 0.500. The normalized spacial score (nSPS) is 11.0. The van der Waals surface area contributed by atoms with E-state index in [1.54, 1.807) is 0 Å². The lowest BCUT2D eigenvalue weighted by Crippen LogP contribution is -2.18. The maximum absolute atomic E-state index is 5.63. The summed E-state index contributed by atoms with van der Waals surface area (Å²) in [5.41, 5.74) is 1.24. The maximum Gasteiger partial charge on any atom is 0.253 e. The minimum absolute atomic E-state index is 0.304. The van der Waals surface area contributed by atoms with E-state index in [-0.39, 0.29) is 0 Å². The Labute approximate surface area is 125 Å². The van der Waals surface area contributed by atoms with Crippen molar-refractivity contribution in [2.75, 3.05) is 6.54 Å². The summed E-state index contributed by atoms with van der Waals surface area (Å²) in [7, 11) is 0. The van der Waals surface area contributed by atoms with Gasteiger partial charge in [-0.05, 0) is 30.2 Å². The van der Waals surface area contributed by atoms with Gasteiger partial charge in [0.2, 0.25) is 5.89 Å². The Bertz CT molecular complexity index is 535. The van der Waals surface area contributed by atoms with Gasteiger partial charge >= 0.3 is 0 Å². The first-order valence-corrected chi connectivity index (χ1v) is 7.41. The van der Waals surface area contributed by atoms with Gasteiger partial charge in [-0.1, -0.05) is 32.9 Å². The van der Waals surface area contributed by atoms with E-state index in [1.807, 2.05) is 19.1 Å². The van der Waals surface area contributed by atoms with Gasteiger partial charge in [-0.25, -0.2) is 0 Å². The molecule has 0 unspecified atom stereocenters. The van der Waals surface area contributed by atoms with Crippen LogP contribution in [0.2, 0.25) is 0 Å². The van der Waals surface area contributed by atoms with Crippen LogP contribution in [0.4, 0.5) is 0 Å². The van der Waals surface area contributed by atoms with Crippen LogP contribution < -0.4 is 10.1 Å². The van der Waals surface area contributed by atoms with Crippen molar-refractivity contribution < 1.29 is 9.15 Å². The molecule has 21 heavy (non-hydrogen) atoms. The monoisotopic (exact) mass is 289 g/mol. The van der Waals surface area contributed by atoms with Gasteiger partial charge in [0.05, 0.1) is 0 Å². The molecule has 0 radical (unpaired) electrons. The molecule has 2 rings (SSSR count). The zero-order chi connectivity index (χ0) is 15.1. The van der Waals surface area contributed by atoms with Crippen molar-refractivity contribution in [3.8, 4) is 5.75 Å². The molecule has 0 atom stereocenters. The summed E-state index contributed by atoms with van der Waals surface area (Å²) in [6.07, 6.45) is 0.741. The molecule has 0 aliphatic heterocycles. The molecule has 0 aliphatic rings. The van der Waals surface area contributed by atoms with E-state index < -0.39 is 0 Å². The molecule has 114 valence electrons. The van der Waals surface area contributed by atoms with E-state index in [2.05, 4.69) is 41.5 Å². The Morgan fingerprint density at radius 3 is 2.48 bits per heavy atom. The van der Waals surface area contributed by atoms with Gasteiger partial charge in [0.25, 0.3) is 5.89 Å². The van der Waals surface area contributed by atoms with Crippen molar-refractivity contribution in [1.29, 1.82) is 0 Å². The molecular weight excluding hydrogens is 266 g/mol. The molecule has 0 saturated heterocycles. The highest BCUT2D eigenvalue weighted by molar-refractivity contribution is 5.27. The van der Waals surface area contributed by atoms with Crippen LogP contribution in [0.1, 0.15) is 38.1 Å². The van der Waals surface area contributed by atoms with Crippen LogP contribution in [-0.2, 0) is 19.6 Å². The SMILES string of the molecule is CCc1nnc(COc2ccc(CNCC(C)C)cc2)o1. The van der Waals surface area contributed by atoms with E-state index in [0.29, 0.717) is 24.3 Å².